The van der Waals surface area contributed by atoms with E-state index in [2.05, 4.69) is 15.3 Å². The van der Waals surface area contributed by atoms with Crippen LogP contribution < -0.4 is 10.1 Å². The molecule has 1 aliphatic heterocycles. The van der Waals surface area contributed by atoms with Gasteiger partial charge in [-0.2, -0.15) is 4.98 Å². The highest BCUT2D eigenvalue weighted by Crippen LogP contribution is 2.42. The Hall–Kier alpha value is -1.32. The Morgan fingerprint density at radius 1 is 1.58 bits per heavy atom. The standard InChI is InChI=1S/C8H9N3O/c1-2-5(1)3-9-8-10-4-6-7(11-8)12-6/h4-5H,1-3H2,(H,9,10,11). The summed E-state index contributed by atoms with van der Waals surface area (Å²) in [6.45, 7) is 0.999. The van der Waals surface area contributed by atoms with E-state index in [1.54, 1.807) is 6.20 Å². The number of rotatable bonds is 3. The van der Waals surface area contributed by atoms with Crippen molar-refractivity contribution in [3.8, 4) is 11.6 Å². The Kier molecular flexibility index (Phi) is 1.08. The van der Waals surface area contributed by atoms with Crippen molar-refractivity contribution < 1.29 is 4.74 Å². The first-order valence-electron chi connectivity index (χ1n) is 4.20. The van der Waals surface area contributed by atoms with Crippen molar-refractivity contribution in [1.82, 2.24) is 9.97 Å². The third-order valence-corrected chi connectivity index (χ3v) is 2.13. The molecule has 0 bridgehead atoms. The second kappa shape index (κ2) is 2.09. The van der Waals surface area contributed by atoms with Crippen molar-refractivity contribution in [2.45, 2.75) is 12.8 Å². The van der Waals surface area contributed by atoms with Crippen molar-refractivity contribution in [2.75, 3.05) is 11.9 Å². The highest BCUT2D eigenvalue weighted by Gasteiger charge is 2.24. The van der Waals surface area contributed by atoms with E-state index >= 15 is 0 Å². The molecule has 1 aromatic heterocycles. The third kappa shape index (κ3) is 1.09. The molecule has 2 heterocycles. The molecular formula is C8H9N3O. The van der Waals surface area contributed by atoms with E-state index in [9.17, 15) is 0 Å². The Bertz CT molecular complexity index is 322. The predicted octanol–water partition coefficient (Wildman–Crippen LogP) is 1.40. The average molecular weight is 163 g/mol. The minimum atomic E-state index is 0.693. The quantitative estimate of drug-likeness (QED) is 0.695. The van der Waals surface area contributed by atoms with Crippen LogP contribution in [0.25, 0.3) is 0 Å². The van der Waals surface area contributed by atoms with Crippen LogP contribution in [0.5, 0.6) is 11.6 Å². The Morgan fingerprint density at radius 2 is 2.50 bits per heavy atom. The Labute approximate surface area is 70.0 Å². The number of hydrogen-bond acceptors (Lipinski definition) is 4. The summed E-state index contributed by atoms with van der Waals surface area (Å²) in [5.74, 6) is 3.08. The lowest BCUT2D eigenvalue weighted by Crippen LogP contribution is -2.05. The van der Waals surface area contributed by atoms with Crippen molar-refractivity contribution in [3.63, 3.8) is 0 Å². The van der Waals surface area contributed by atoms with Crippen LogP contribution in [-0.4, -0.2) is 16.5 Å². The number of nitrogens with one attached hydrogen (secondary N) is 1. The first kappa shape index (κ1) is 6.22. The van der Waals surface area contributed by atoms with Gasteiger partial charge in [0.15, 0.2) is 0 Å². The summed E-state index contributed by atoms with van der Waals surface area (Å²) in [4.78, 5) is 8.20. The largest absolute Gasteiger partial charge is 0.428 e. The van der Waals surface area contributed by atoms with E-state index in [0.717, 1.165) is 24.1 Å². The summed E-state index contributed by atoms with van der Waals surface area (Å²) in [6.07, 6.45) is 4.39. The van der Waals surface area contributed by atoms with Crippen LogP contribution in [0.15, 0.2) is 6.20 Å². The zero-order valence-corrected chi connectivity index (χ0v) is 6.58. The molecule has 3 rings (SSSR count). The molecule has 1 fully saturated rings. The lowest BCUT2D eigenvalue weighted by atomic mass is 10.4. The number of nitrogens with zero attached hydrogens (tertiary/aromatic N) is 2. The number of hydrogen-bond donors (Lipinski definition) is 1. The summed E-state index contributed by atoms with van der Waals surface area (Å²) in [5, 5.41) is 3.18. The van der Waals surface area contributed by atoms with Crippen molar-refractivity contribution in [3.05, 3.63) is 6.20 Å². The highest BCUT2D eigenvalue weighted by molar-refractivity contribution is 5.49. The van der Waals surface area contributed by atoms with Gasteiger partial charge >= 0.3 is 0 Å². The molecule has 0 amide bonds. The summed E-state index contributed by atoms with van der Waals surface area (Å²) >= 11 is 0. The molecule has 1 aromatic rings. The summed E-state index contributed by atoms with van der Waals surface area (Å²) < 4.78 is 4.99. The molecule has 1 saturated carbocycles. The number of anilines is 1. The molecule has 12 heavy (non-hydrogen) atoms. The van der Waals surface area contributed by atoms with Crippen LogP contribution in [0.1, 0.15) is 12.8 Å². The molecule has 4 nitrogen and oxygen atoms in total. The number of aromatic nitrogens is 2. The van der Waals surface area contributed by atoms with Crippen LogP contribution in [0.3, 0.4) is 0 Å². The SMILES string of the molecule is c1nc(NCC2CC2)nc2c1O2. The minimum Gasteiger partial charge on any atom is -0.428 e. The van der Waals surface area contributed by atoms with Gasteiger partial charge in [-0.15, -0.1) is 0 Å². The van der Waals surface area contributed by atoms with Gasteiger partial charge in [0.05, 0.1) is 6.20 Å². The average Bonchev–Trinajstić information content (AvgIpc) is 2.96. The van der Waals surface area contributed by atoms with E-state index in [-0.39, 0.29) is 0 Å². The third-order valence-electron chi connectivity index (χ3n) is 2.13. The molecule has 0 unspecified atom stereocenters. The topological polar surface area (TPSA) is 50.3 Å². The predicted molar refractivity (Wildman–Crippen MR) is 43.3 cm³/mol. The Morgan fingerprint density at radius 3 is 3.25 bits per heavy atom. The van der Waals surface area contributed by atoms with E-state index in [4.69, 9.17) is 4.74 Å². The van der Waals surface area contributed by atoms with Gasteiger partial charge in [0, 0.05) is 6.54 Å². The van der Waals surface area contributed by atoms with Gasteiger partial charge in [-0.05, 0) is 18.8 Å². The smallest absolute Gasteiger partial charge is 0.268 e. The fraction of sp³-hybridized carbons (Fsp3) is 0.500. The second-order valence-electron chi connectivity index (χ2n) is 3.29. The molecule has 0 atom stereocenters. The van der Waals surface area contributed by atoms with Crippen LogP contribution in [0, 0.1) is 5.92 Å². The highest BCUT2D eigenvalue weighted by atomic mass is 16.6. The van der Waals surface area contributed by atoms with Crippen molar-refractivity contribution >= 4 is 5.95 Å². The normalized spacial score (nSPS) is 18.0. The zero-order chi connectivity index (χ0) is 7.97. The fourth-order valence-electron chi connectivity index (χ4n) is 1.13. The van der Waals surface area contributed by atoms with Crippen LogP contribution in [0.4, 0.5) is 5.95 Å². The molecule has 0 radical (unpaired) electrons. The summed E-state index contributed by atoms with van der Waals surface area (Å²) in [7, 11) is 0. The van der Waals surface area contributed by atoms with Gasteiger partial charge in [-0.25, -0.2) is 4.98 Å². The van der Waals surface area contributed by atoms with E-state index in [1.165, 1.54) is 12.8 Å². The number of fused-ring (bicyclic) bond motifs is 1. The summed E-state index contributed by atoms with van der Waals surface area (Å²) in [5.41, 5.74) is 0. The summed E-state index contributed by atoms with van der Waals surface area (Å²) in [6, 6.07) is 0. The van der Waals surface area contributed by atoms with Gasteiger partial charge in [0.1, 0.15) is 0 Å². The minimum absolute atomic E-state index is 0.693. The number of ether oxygens (including phenoxy) is 1. The molecule has 1 aliphatic carbocycles. The maximum Gasteiger partial charge on any atom is 0.268 e. The van der Waals surface area contributed by atoms with Crippen LogP contribution in [0.2, 0.25) is 0 Å². The van der Waals surface area contributed by atoms with Crippen LogP contribution in [-0.2, 0) is 0 Å². The second-order valence-corrected chi connectivity index (χ2v) is 3.29. The molecule has 4 heteroatoms. The van der Waals surface area contributed by atoms with Gasteiger partial charge in [-0.3, -0.25) is 0 Å². The fourth-order valence-corrected chi connectivity index (χ4v) is 1.13. The lowest BCUT2D eigenvalue weighted by Gasteiger charge is -1.98. The molecule has 2 aliphatic rings. The molecule has 1 N–H and O–H groups in total. The van der Waals surface area contributed by atoms with Crippen LogP contribution >= 0.6 is 0 Å². The van der Waals surface area contributed by atoms with Gasteiger partial charge in [0.25, 0.3) is 5.88 Å². The van der Waals surface area contributed by atoms with Gasteiger partial charge in [0.2, 0.25) is 11.7 Å². The van der Waals surface area contributed by atoms with Gasteiger partial charge < -0.3 is 10.1 Å². The van der Waals surface area contributed by atoms with Crippen molar-refractivity contribution in [1.29, 1.82) is 0 Å². The van der Waals surface area contributed by atoms with E-state index in [0.29, 0.717) is 5.95 Å². The van der Waals surface area contributed by atoms with Gasteiger partial charge in [-0.1, -0.05) is 0 Å². The first-order valence-corrected chi connectivity index (χ1v) is 4.20. The molecule has 0 saturated heterocycles. The molecule has 62 valence electrons. The monoisotopic (exact) mass is 163 g/mol. The Balaban J connectivity index is 1.67. The maximum absolute atomic E-state index is 4.99. The zero-order valence-electron chi connectivity index (χ0n) is 6.58. The van der Waals surface area contributed by atoms with E-state index in [1.807, 2.05) is 0 Å². The molecular weight excluding hydrogens is 154 g/mol. The maximum atomic E-state index is 4.99. The first-order chi connectivity index (χ1) is 5.92. The molecule has 0 spiro atoms. The molecule has 0 aromatic carbocycles. The van der Waals surface area contributed by atoms with E-state index < -0.39 is 0 Å². The lowest BCUT2D eigenvalue weighted by molar-refractivity contribution is 0.634. The van der Waals surface area contributed by atoms with Crippen molar-refractivity contribution in [2.24, 2.45) is 5.92 Å².